The molecule has 1 atom stereocenters. The van der Waals surface area contributed by atoms with Crippen LogP contribution in [0.25, 0.3) is 11.0 Å². The number of hydrogen-bond donors (Lipinski definition) is 1. The van der Waals surface area contributed by atoms with E-state index in [0.717, 1.165) is 0 Å². The maximum Gasteiger partial charge on any atom is 0.343 e. The fraction of sp³-hybridized carbons (Fsp3) is 0.125. The molecule has 1 unspecified atom stereocenters. The quantitative estimate of drug-likeness (QED) is 0.383. The van der Waals surface area contributed by atoms with E-state index in [4.69, 9.17) is 15.4 Å². The number of carbonyl (C=O) groups is 1. The Morgan fingerprint density at radius 2 is 1.90 bits per heavy atom. The van der Waals surface area contributed by atoms with E-state index in [2.05, 4.69) is 16.4 Å². The van der Waals surface area contributed by atoms with E-state index < -0.39 is 11.0 Å². The number of fused-ring (bicyclic) bond motifs is 8. The van der Waals surface area contributed by atoms with Gasteiger partial charge in [-0.1, -0.05) is 41.4 Å². The summed E-state index contributed by atoms with van der Waals surface area (Å²) >= 11 is 0. The Kier molecular flexibility index (Phi) is 3.32. The van der Waals surface area contributed by atoms with E-state index in [1.807, 2.05) is 36.4 Å². The highest BCUT2D eigenvalue weighted by Gasteiger charge is 2.60. The summed E-state index contributed by atoms with van der Waals surface area (Å²) < 4.78 is 11.3. The molecule has 1 amide bonds. The van der Waals surface area contributed by atoms with Crippen molar-refractivity contribution in [1.82, 2.24) is 5.16 Å². The van der Waals surface area contributed by atoms with E-state index in [1.54, 1.807) is 19.1 Å². The largest absolute Gasteiger partial charge is 0.422 e. The molecule has 4 aromatic rings. The Hall–Kier alpha value is -4.31. The zero-order chi connectivity index (χ0) is 21.3. The molecule has 4 heterocycles. The number of hydrogen-bond acceptors (Lipinski definition) is 6. The van der Waals surface area contributed by atoms with Crippen LogP contribution in [0.3, 0.4) is 0 Å². The van der Waals surface area contributed by atoms with Crippen molar-refractivity contribution in [2.24, 2.45) is 0 Å². The fourth-order valence-corrected chi connectivity index (χ4v) is 4.94. The summed E-state index contributed by atoms with van der Waals surface area (Å²) in [6.45, 7) is 1.82. The molecule has 0 saturated carbocycles. The van der Waals surface area contributed by atoms with Gasteiger partial charge in [0.2, 0.25) is 11.8 Å². The van der Waals surface area contributed by atoms with E-state index in [9.17, 15) is 9.59 Å². The van der Waals surface area contributed by atoms with Gasteiger partial charge in [-0.15, -0.1) is 6.42 Å². The number of nitrogens with one attached hydrogen (secondary N) is 1. The van der Waals surface area contributed by atoms with Crippen LogP contribution in [-0.4, -0.2) is 17.6 Å². The van der Waals surface area contributed by atoms with Gasteiger partial charge in [0.25, 0.3) is 0 Å². The fourth-order valence-electron chi connectivity index (χ4n) is 4.94. The topological polar surface area (TPSA) is 88.6 Å². The van der Waals surface area contributed by atoms with Crippen LogP contribution in [0.1, 0.15) is 22.4 Å². The first kappa shape index (κ1) is 17.5. The number of carbonyl (C=O) groups excluding carboxylic acids is 1. The minimum Gasteiger partial charge on any atom is -0.422 e. The normalized spacial score (nSPS) is 18.5. The summed E-state index contributed by atoms with van der Waals surface area (Å²) in [4.78, 5) is 29.1. The second-order valence-corrected chi connectivity index (χ2v) is 7.60. The Morgan fingerprint density at radius 1 is 1.13 bits per heavy atom. The Bertz CT molecular complexity index is 1520. The minimum absolute atomic E-state index is 0.0684. The number of terminal acetylenes is 1. The number of rotatable bonds is 1. The van der Waals surface area contributed by atoms with Gasteiger partial charge < -0.3 is 14.3 Å². The molecule has 0 aliphatic carbocycles. The summed E-state index contributed by atoms with van der Waals surface area (Å²) in [5.41, 5.74) is 1.32. The predicted octanol–water partition coefficient (Wildman–Crippen LogP) is 3.46. The SMILES string of the molecule is C#CCN1C(=O)C2(c3ccccc31)c1c(C)noc1Nc1c2c(=O)oc2ccccc12. The minimum atomic E-state index is -1.47. The number of para-hydroxylation sites is 2. The number of aryl methyl sites for hydroxylation is 1. The molecule has 2 aromatic carbocycles. The van der Waals surface area contributed by atoms with Crippen LogP contribution in [0.5, 0.6) is 0 Å². The van der Waals surface area contributed by atoms with E-state index in [-0.39, 0.29) is 18.0 Å². The molecule has 7 heteroatoms. The van der Waals surface area contributed by atoms with Crippen molar-refractivity contribution in [3.05, 3.63) is 81.3 Å². The van der Waals surface area contributed by atoms with Crippen molar-refractivity contribution in [2.45, 2.75) is 12.3 Å². The third-order valence-corrected chi connectivity index (χ3v) is 6.08. The summed E-state index contributed by atoms with van der Waals surface area (Å²) in [5, 5.41) is 7.97. The molecule has 1 N–H and O–H groups in total. The van der Waals surface area contributed by atoms with Crippen LogP contribution < -0.4 is 15.8 Å². The van der Waals surface area contributed by atoms with E-state index in [0.29, 0.717) is 45.0 Å². The van der Waals surface area contributed by atoms with Gasteiger partial charge in [-0.3, -0.25) is 9.69 Å². The first-order valence-corrected chi connectivity index (χ1v) is 9.74. The Morgan fingerprint density at radius 3 is 2.74 bits per heavy atom. The van der Waals surface area contributed by atoms with Gasteiger partial charge in [0.15, 0.2) is 0 Å². The van der Waals surface area contributed by atoms with Crippen molar-refractivity contribution in [3.8, 4) is 12.3 Å². The molecular formula is C24H15N3O4. The summed E-state index contributed by atoms with van der Waals surface area (Å²) in [6, 6.07) is 14.5. The van der Waals surface area contributed by atoms with Gasteiger partial charge in [-0.05, 0) is 25.1 Å². The van der Waals surface area contributed by atoms with Crippen molar-refractivity contribution >= 4 is 34.1 Å². The van der Waals surface area contributed by atoms with Crippen molar-refractivity contribution in [1.29, 1.82) is 0 Å². The molecule has 150 valence electrons. The third-order valence-electron chi connectivity index (χ3n) is 6.08. The first-order valence-electron chi connectivity index (χ1n) is 9.74. The Labute approximate surface area is 176 Å². The lowest BCUT2D eigenvalue weighted by Gasteiger charge is -2.33. The third kappa shape index (κ3) is 1.96. The second-order valence-electron chi connectivity index (χ2n) is 7.60. The monoisotopic (exact) mass is 409 g/mol. The lowest BCUT2D eigenvalue weighted by atomic mass is 9.68. The molecule has 0 saturated heterocycles. The summed E-state index contributed by atoms with van der Waals surface area (Å²) in [7, 11) is 0. The average Bonchev–Trinajstić information content (AvgIpc) is 3.26. The first-order chi connectivity index (χ1) is 15.1. The van der Waals surface area contributed by atoms with Crippen LogP contribution >= 0.6 is 0 Å². The average molecular weight is 409 g/mol. The van der Waals surface area contributed by atoms with Crippen LogP contribution in [0.2, 0.25) is 0 Å². The summed E-state index contributed by atoms with van der Waals surface area (Å²) in [6.07, 6.45) is 5.58. The number of anilines is 3. The van der Waals surface area contributed by atoms with Gasteiger partial charge in [-0.25, -0.2) is 4.79 Å². The van der Waals surface area contributed by atoms with Gasteiger partial charge in [0.1, 0.15) is 11.0 Å². The second kappa shape index (κ2) is 5.86. The number of aromatic nitrogens is 1. The smallest absolute Gasteiger partial charge is 0.343 e. The Balaban J connectivity index is 1.84. The maximum atomic E-state index is 14.1. The molecule has 2 aliphatic heterocycles. The van der Waals surface area contributed by atoms with Crippen LogP contribution in [0, 0.1) is 19.3 Å². The van der Waals surface area contributed by atoms with Crippen LogP contribution in [-0.2, 0) is 10.2 Å². The lowest BCUT2D eigenvalue weighted by Crippen LogP contribution is -2.47. The molecule has 0 radical (unpaired) electrons. The molecule has 31 heavy (non-hydrogen) atoms. The molecule has 0 bridgehead atoms. The van der Waals surface area contributed by atoms with Gasteiger partial charge in [0.05, 0.1) is 29.1 Å². The van der Waals surface area contributed by atoms with Crippen molar-refractivity contribution < 1.29 is 13.7 Å². The highest BCUT2D eigenvalue weighted by atomic mass is 16.5. The highest BCUT2D eigenvalue weighted by molar-refractivity contribution is 6.16. The number of nitrogens with zero attached hydrogens (tertiary/aromatic N) is 2. The van der Waals surface area contributed by atoms with E-state index >= 15 is 0 Å². The summed E-state index contributed by atoms with van der Waals surface area (Å²) in [5.74, 6) is 2.55. The molecule has 2 aliphatic rings. The molecule has 0 fully saturated rings. The van der Waals surface area contributed by atoms with Gasteiger partial charge in [-0.2, -0.15) is 0 Å². The molecule has 1 spiro atoms. The number of benzene rings is 2. The lowest BCUT2D eigenvalue weighted by molar-refractivity contribution is -0.120. The van der Waals surface area contributed by atoms with Gasteiger partial charge >= 0.3 is 5.63 Å². The van der Waals surface area contributed by atoms with Crippen LogP contribution in [0.4, 0.5) is 17.3 Å². The van der Waals surface area contributed by atoms with Crippen molar-refractivity contribution in [2.75, 3.05) is 16.8 Å². The number of amides is 1. The highest BCUT2D eigenvalue weighted by Crippen LogP contribution is 2.57. The van der Waals surface area contributed by atoms with Crippen LogP contribution in [0.15, 0.2) is 62.3 Å². The zero-order valence-electron chi connectivity index (χ0n) is 16.4. The van der Waals surface area contributed by atoms with Gasteiger partial charge in [0, 0.05) is 16.6 Å². The molecular weight excluding hydrogens is 394 g/mol. The maximum absolute atomic E-state index is 14.1. The standard InChI is InChI=1S/C24H15N3O4/c1-3-12-27-16-10-6-5-9-15(16)24(23(27)29)18-13(2)26-31-21(18)25-20-14-8-4-7-11-17(14)30-22(28)19(20)24/h1,4-11,25H,12H2,2H3. The molecule has 7 nitrogen and oxygen atoms in total. The predicted molar refractivity (Wildman–Crippen MR) is 115 cm³/mol. The zero-order valence-corrected chi connectivity index (χ0v) is 16.4. The molecule has 6 rings (SSSR count). The molecule has 2 aromatic heterocycles. The van der Waals surface area contributed by atoms with E-state index in [1.165, 1.54) is 4.90 Å². The van der Waals surface area contributed by atoms with Crippen molar-refractivity contribution in [3.63, 3.8) is 0 Å².